The lowest BCUT2D eigenvalue weighted by atomic mass is 10.0. The Hall–Kier alpha value is -4.32. The van der Waals surface area contributed by atoms with Gasteiger partial charge in [0.2, 0.25) is 0 Å². The van der Waals surface area contributed by atoms with Crippen molar-refractivity contribution in [3.8, 4) is 0 Å². The molecule has 0 fully saturated rings. The van der Waals surface area contributed by atoms with Crippen LogP contribution in [-0.4, -0.2) is 32.6 Å². The van der Waals surface area contributed by atoms with Crippen LogP contribution < -0.4 is 5.32 Å². The molecule has 0 spiro atoms. The van der Waals surface area contributed by atoms with Crippen LogP contribution in [-0.2, 0) is 17.8 Å². The van der Waals surface area contributed by atoms with Crippen LogP contribution in [0.2, 0.25) is 0 Å². The highest BCUT2D eigenvalue weighted by atomic mass is 16.4. The van der Waals surface area contributed by atoms with Gasteiger partial charge in [-0.05, 0) is 40.8 Å². The molecule has 6 nitrogen and oxygen atoms in total. The average Bonchev–Trinajstić information content (AvgIpc) is 3.43. The maximum absolute atomic E-state index is 13.0. The number of amides is 1. The summed E-state index contributed by atoms with van der Waals surface area (Å²) < 4.78 is 2.09. The standard InChI is InChI=1S/C27H23N3O3/c31-26(29-24(27(32)33)14-21-16-28-23-9-5-4-8-22(21)23)20-11-10-19-12-13-30(25(19)15-20)17-18-6-2-1-3-7-18/h1-13,15-16,24,28H,14,17H2,(H,29,31)(H,32,33). The van der Waals surface area contributed by atoms with Crippen molar-refractivity contribution in [3.63, 3.8) is 0 Å². The second-order valence-corrected chi connectivity index (χ2v) is 8.13. The molecule has 164 valence electrons. The van der Waals surface area contributed by atoms with E-state index >= 15 is 0 Å². The summed E-state index contributed by atoms with van der Waals surface area (Å²) in [6.45, 7) is 0.688. The van der Waals surface area contributed by atoms with E-state index in [0.717, 1.165) is 32.9 Å². The Bertz CT molecular complexity index is 1450. The number of fused-ring (bicyclic) bond motifs is 2. The quantitative estimate of drug-likeness (QED) is 0.348. The number of hydrogen-bond donors (Lipinski definition) is 3. The van der Waals surface area contributed by atoms with Gasteiger partial charge in [-0.3, -0.25) is 4.79 Å². The molecule has 5 aromatic rings. The molecule has 0 aliphatic carbocycles. The largest absolute Gasteiger partial charge is 0.480 e. The van der Waals surface area contributed by atoms with Gasteiger partial charge in [0.15, 0.2) is 0 Å². The van der Waals surface area contributed by atoms with Crippen LogP contribution in [0.5, 0.6) is 0 Å². The molecule has 0 aliphatic rings. The lowest BCUT2D eigenvalue weighted by Crippen LogP contribution is -2.42. The Kier molecular flexibility index (Phi) is 5.40. The fourth-order valence-electron chi connectivity index (χ4n) is 4.21. The van der Waals surface area contributed by atoms with Crippen LogP contribution in [0.3, 0.4) is 0 Å². The van der Waals surface area contributed by atoms with Gasteiger partial charge < -0.3 is 20.0 Å². The van der Waals surface area contributed by atoms with Crippen molar-refractivity contribution in [2.24, 2.45) is 0 Å². The number of aliphatic carboxylic acids is 1. The van der Waals surface area contributed by atoms with E-state index in [0.29, 0.717) is 12.1 Å². The Morgan fingerprint density at radius 2 is 1.76 bits per heavy atom. The first kappa shape index (κ1) is 20.6. The first-order valence-corrected chi connectivity index (χ1v) is 10.8. The summed E-state index contributed by atoms with van der Waals surface area (Å²) in [6, 6.07) is 24.2. The van der Waals surface area contributed by atoms with E-state index in [9.17, 15) is 14.7 Å². The molecule has 1 atom stereocenters. The van der Waals surface area contributed by atoms with E-state index in [1.807, 2.05) is 66.9 Å². The van der Waals surface area contributed by atoms with Crippen molar-refractivity contribution < 1.29 is 14.7 Å². The minimum Gasteiger partial charge on any atom is -0.480 e. The molecule has 1 amide bonds. The van der Waals surface area contributed by atoms with E-state index in [-0.39, 0.29) is 6.42 Å². The van der Waals surface area contributed by atoms with Gasteiger partial charge in [0.25, 0.3) is 5.91 Å². The van der Waals surface area contributed by atoms with Gasteiger partial charge >= 0.3 is 5.97 Å². The minimum absolute atomic E-state index is 0.192. The second kappa shape index (κ2) is 8.67. The van der Waals surface area contributed by atoms with Crippen LogP contribution in [0, 0.1) is 0 Å². The van der Waals surface area contributed by atoms with Crippen LogP contribution in [0.4, 0.5) is 0 Å². The monoisotopic (exact) mass is 437 g/mol. The zero-order valence-corrected chi connectivity index (χ0v) is 17.9. The van der Waals surface area contributed by atoms with Crippen molar-refractivity contribution in [3.05, 3.63) is 108 Å². The van der Waals surface area contributed by atoms with Crippen molar-refractivity contribution in [1.29, 1.82) is 0 Å². The number of nitrogens with zero attached hydrogens (tertiary/aromatic N) is 1. The fraction of sp³-hybridized carbons (Fsp3) is 0.111. The summed E-state index contributed by atoms with van der Waals surface area (Å²) in [5.74, 6) is -1.47. The van der Waals surface area contributed by atoms with E-state index in [4.69, 9.17) is 0 Å². The summed E-state index contributed by atoms with van der Waals surface area (Å²) in [4.78, 5) is 28.1. The number of para-hydroxylation sites is 1. The average molecular weight is 437 g/mol. The molecule has 33 heavy (non-hydrogen) atoms. The number of benzene rings is 3. The lowest BCUT2D eigenvalue weighted by molar-refractivity contribution is -0.139. The Morgan fingerprint density at radius 3 is 2.58 bits per heavy atom. The molecule has 0 saturated heterocycles. The summed E-state index contributed by atoms with van der Waals surface area (Å²) in [5, 5.41) is 14.4. The molecule has 5 rings (SSSR count). The number of aromatic nitrogens is 2. The number of aromatic amines is 1. The third kappa shape index (κ3) is 4.23. The molecule has 2 aromatic heterocycles. The fourth-order valence-corrected chi connectivity index (χ4v) is 4.21. The number of nitrogens with one attached hydrogen (secondary N) is 2. The molecule has 0 aliphatic heterocycles. The van der Waals surface area contributed by atoms with Crippen molar-refractivity contribution in [2.45, 2.75) is 19.0 Å². The van der Waals surface area contributed by atoms with Gasteiger partial charge in [0.1, 0.15) is 6.04 Å². The van der Waals surface area contributed by atoms with Crippen LogP contribution >= 0.6 is 0 Å². The number of hydrogen-bond acceptors (Lipinski definition) is 2. The zero-order valence-electron chi connectivity index (χ0n) is 17.9. The highest BCUT2D eigenvalue weighted by Gasteiger charge is 2.23. The first-order valence-electron chi connectivity index (χ1n) is 10.8. The normalized spacial score (nSPS) is 12.1. The van der Waals surface area contributed by atoms with Crippen molar-refractivity contribution in [2.75, 3.05) is 0 Å². The van der Waals surface area contributed by atoms with Crippen LogP contribution in [0.15, 0.2) is 91.3 Å². The number of H-pyrrole nitrogens is 1. The highest BCUT2D eigenvalue weighted by Crippen LogP contribution is 2.21. The van der Waals surface area contributed by atoms with Gasteiger partial charge in [-0.2, -0.15) is 0 Å². The molecular formula is C27H23N3O3. The third-order valence-corrected chi connectivity index (χ3v) is 5.93. The highest BCUT2D eigenvalue weighted by molar-refractivity contribution is 6.00. The van der Waals surface area contributed by atoms with E-state index < -0.39 is 17.9 Å². The molecule has 3 N–H and O–H groups in total. The van der Waals surface area contributed by atoms with Crippen LogP contribution in [0.25, 0.3) is 21.8 Å². The molecule has 0 radical (unpaired) electrons. The first-order chi connectivity index (χ1) is 16.1. The summed E-state index contributed by atoms with van der Waals surface area (Å²) in [6.07, 6.45) is 3.99. The zero-order chi connectivity index (χ0) is 22.8. The maximum atomic E-state index is 13.0. The number of carboxylic acid groups (broad SMARTS) is 1. The minimum atomic E-state index is -1.07. The number of rotatable bonds is 7. The topological polar surface area (TPSA) is 87.1 Å². The predicted octanol–water partition coefficient (Wildman–Crippen LogP) is 4.60. The van der Waals surface area contributed by atoms with E-state index in [2.05, 4.69) is 27.0 Å². The van der Waals surface area contributed by atoms with Gasteiger partial charge in [-0.25, -0.2) is 4.79 Å². The molecule has 2 heterocycles. The Balaban J connectivity index is 1.37. The summed E-state index contributed by atoms with van der Waals surface area (Å²) in [7, 11) is 0. The molecular weight excluding hydrogens is 414 g/mol. The molecule has 0 saturated carbocycles. The lowest BCUT2D eigenvalue weighted by Gasteiger charge is -2.15. The second-order valence-electron chi connectivity index (χ2n) is 8.13. The summed E-state index contributed by atoms with van der Waals surface area (Å²) >= 11 is 0. The third-order valence-electron chi connectivity index (χ3n) is 5.93. The van der Waals surface area contributed by atoms with Gasteiger partial charge in [0, 0.05) is 47.3 Å². The number of carboxylic acids is 1. The van der Waals surface area contributed by atoms with Crippen molar-refractivity contribution in [1.82, 2.24) is 14.9 Å². The molecule has 3 aromatic carbocycles. The summed E-state index contributed by atoms with van der Waals surface area (Å²) in [5.41, 5.74) is 4.31. The number of carbonyl (C=O) groups excluding carboxylic acids is 1. The Morgan fingerprint density at radius 1 is 0.970 bits per heavy atom. The Labute approximate surface area is 190 Å². The van der Waals surface area contributed by atoms with E-state index in [1.165, 1.54) is 0 Å². The SMILES string of the molecule is O=C(NC(Cc1c[nH]c2ccccc12)C(=O)O)c1ccc2ccn(Cc3ccccc3)c2c1. The van der Waals surface area contributed by atoms with Crippen LogP contribution in [0.1, 0.15) is 21.5 Å². The van der Waals surface area contributed by atoms with Gasteiger partial charge in [-0.15, -0.1) is 0 Å². The smallest absolute Gasteiger partial charge is 0.326 e. The molecule has 0 bridgehead atoms. The van der Waals surface area contributed by atoms with Gasteiger partial charge in [0.05, 0.1) is 0 Å². The maximum Gasteiger partial charge on any atom is 0.326 e. The predicted molar refractivity (Wildman–Crippen MR) is 128 cm³/mol. The molecule has 6 heteroatoms. The van der Waals surface area contributed by atoms with E-state index in [1.54, 1.807) is 12.3 Å². The van der Waals surface area contributed by atoms with Gasteiger partial charge in [-0.1, -0.05) is 54.6 Å². The number of carbonyl (C=O) groups is 2. The molecule has 1 unspecified atom stereocenters. The van der Waals surface area contributed by atoms with Crippen molar-refractivity contribution >= 4 is 33.7 Å².